The van der Waals surface area contributed by atoms with E-state index < -0.39 is 0 Å². The Morgan fingerprint density at radius 1 is 1.09 bits per heavy atom. The molecule has 2 aromatic carbocycles. The summed E-state index contributed by atoms with van der Waals surface area (Å²) in [5.41, 5.74) is 5.24. The van der Waals surface area contributed by atoms with Crippen molar-refractivity contribution in [2.24, 2.45) is 0 Å². The lowest BCUT2D eigenvalue weighted by Gasteiger charge is -2.31. The van der Waals surface area contributed by atoms with E-state index in [0.717, 1.165) is 41.3 Å². The minimum absolute atomic E-state index is 0. The van der Waals surface area contributed by atoms with Crippen molar-refractivity contribution in [2.45, 2.75) is 33.9 Å². The highest BCUT2D eigenvalue weighted by Crippen LogP contribution is 2.43. The minimum Gasteiger partial charge on any atom is -1.00 e. The van der Waals surface area contributed by atoms with Crippen molar-refractivity contribution >= 4 is 27.9 Å². The molecule has 0 N–H and O–H groups in total. The Balaban J connectivity index is 0.00000176. The molecule has 0 saturated carbocycles. The Bertz CT molecular complexity index is 730. The third-order valence-electron chi connectivity index (χ3n) is 5.12. The number of hydrogen-bond donors (Lipinski definition) is 0. The first kappa shape index (κ1) is 17.3. The summed E-state index contributed by atoms with van der Waals surface area (Å²) in [6.45, 7) is 15.3. The first-order valence-electron chi connectivity index (χ1n) is 7.76. The van der Waals surface area contributed by atoms with Crippen LogP contribution in [0, 0.1) is 0 Å². The Kier molecular flexibility index (Phi) is 4.91. The highest BCUT2D eigenvalue weighted by Gasteiger charge is 2.37. The fourth-order valence-corrected chi connectivity index (χ4v) is 4.06. The first-order valence-corrected chi connectivity index (χ1v) is 8.13. The van der Waals surface area contributed by atoms with Gasteiger partial charge in [-0.25, -0.2) is 0 Å². The normalized spacial score (nSPS) is 15.5. The molecule has 0 saturated heterocycles. The summed E-state index contributed by atoms with van der Waals surface area (Å²) >= 11 is 6.77. The van der Waals surface area contributed by atoms with Crippen LogP contribution in [0.5, 0.6) is 0 Å². The van der Waals surface area contributed by atoms with E-state index in [1.54, 1.807) is 0 Å². The molecule has 118 valence electrons. The summed E-state index contributed by atoms with van der Waals surface area (Å²) in [5.74, 6) is 0. The molecule has 3 rings (SSSR count). The second-order valence-corrected chi connectivity index (χ2v) is 6.64. The summed E-state index contributed by atoms with van der Waals surface area (Å²) in [6, 6.07) is 8.47. The van der Waals surface area contributed by atoms with Gasteiger partial charge in [0.25, 0.3) is 0 Å². The van der Waals surface area contributed by atoms with Crippen molar-refractivity contribution in [3.8, 4) is 0 Å². The Morgan fingerprint density at radius 3 is 2.18 bits per heavy atom. The smallest absolute Gasteiger partial charge is 0.107 e. The van der Waals surface area contributed by atoms with Crippen LogP contribution in [0.25, 0.3) is 16.3 Å². The molecule has 0 unspecified atom stereocenters. The highest BCUT2D eigenvalue weighted by molar-refractivity contribution is 6.37. The van der Waals surface area contributed by atoms with Crippen molar-refractivity contribution in [1.82, 2.24) is 0 Å². The van der Waals surface area contributed by atoms with Crippen molar-refractivity contribution in [3.63, 3.8) is 0 Å². The van der Waals surface area contributed by atoms with Gasteiger partial charge in [-0.3, -0.25) is 0 Å². The van der Waals surface area contributed by atoms with Crippen LogP contribution < -0.4 is 12.4 Å². The van der Waals surface area contributed by atoms with Crippen LogP contribution in [0.1, 0.15) is 37.5 Å². The van der Waals surface area contributed by atoms with Crippen molar-refractivity contribution in [1.29, 1.82) is 0 Å². The molecule has 0 amide bonds. The van der Waals surface area contributed by atoms with Gasteiger partial charge in [-0.1, -0.05) is 42.4 Å². The third-order valence-corrected chi connectivity index (χ3v) is 5.55. The van der Waals surface area contributed by atoms with Crippen LogP contribution in [0.4, 0.5) is 0 Å². The molecule has 0 bridgehead atoms. The number of rotatable bonds is 3. The van der Waals surface area contributed by atoms with E-state index in [1.807, 2.05) is 0 Å². The predicted molar refractivity (Wildman–Crippen MR) is 92.4 cm³/mol. The fraction of sp³-hybridized carbons (Fsp3) is 0.368. The molecule has 3 heteroatoms. The van der Waals surface area contributed by atoms with Crippen molar-refractivity contribution in [3.05, 3.63) is 52.6 Å². The topological polar surface area (TPSA) is 0 Å². The monoisotopic (exact) mass is 335 g/mol. The van der Waals surface area contributed by atoms with Crippen molar-refractivity contribution < 1.29 is 16.9 Å². The number of allylic oxidation sites excluding steroid dienone is 1. The summed E-state index contributed by atoms with van der Waals surface area (Å²) in [5, 5.41) is 3.37. The quantitative estimate of drug-likeness (QED) is 0.755. The van der Waals surface area contributed by atoms with Crippen LogP contribution in [0.3, 0.4) is 0 Å². The molecule has 1 nitrogen and oxygen atoms in total. The lowest BCUT2D eigenvalue weighted by Crippen LogP contribution is -3.00. The second kappa shape index (κ2) is 6.23. The van der Waals surface area contributed by atoms with Crippen LogP contribution in [-0.2, 0) is 13.1 Å². The number of halogens is 2. The summed E-state index contributed by atoms with van der Waals surface area (Å²) in [7, 11) is 0. The van der Waals surface area contributed by atoms with E-state index in [-0.39, 0.29) is 12.4 Å². The number of fused-ring (bicyclic) bond motifs is 2. The van der Waals surface area contributed by atoms with E-state index >= 15 is 0 Å². The molecule has 0 spiro atoms. The first-order chi connectivity index (χ1) is 10.0. The number of hydrogen-bond acceptors (Lipinski definition) is 0. The van der Waals surface area contributed by atoms with Crippen LogP contribution in [0.15, 0.2) is 30.8 Å². The van der Waals surface area contributed by atoms with Gasteiger partial charge in [0.05, 0.1) is 18.1 Å². The summed E-state index contributed by atoms with van der Waals surface area (Å²) < 4.78 is 1.10. The van der Waals surface area contributed by atoms with E-state index in [1.165, 1.54) is 27.5 Å². The largest absolute Gasteiger partial charge is 1.00 e. The Hall–Kier alpha value is -1.02. The molecule has 1 heterocycles. The summed E-state index contributed by atoms with van der Waals surface area (Å²) in [4.78, 5) is 0. The zero-order chi connectivity index (χ0) is 15.2. The third kappa shape index (κ3) is 2.46. The van der Waals surface area contributed by atoms with Gasteiger partial charge in [-0.05, 0) is 37.3 Å². The van der Waals surface area contributed by atoms with E-state index in [4.69, 9.17) is 11.6 Å². The molecule has 2 aromatic rings. The molecular weight excluding hydrogens is 313 g/mol. The van der Waals surface area contributed by atoms with Gasteiger partial charge in [0, 0.05) is 16.5 Å². The van der Waals surface area contributed by atoms with Crippen LogP contribution in [-0.4, -0.2) is 17.6 Å². The van der Waals surface area contributed by atoms with Gasteiger partial charge in [-0.2, -0.15) is 0 Å². The molecular formula is C19H23Cl2N. The van der Waals surface area contributed by atoms with E-state index in [0.29, 0.717) is 0 Å². The highest BCUT2D eigenvalue weighted by atomic mass is 35.5. The molecule has 1 aliphatic heterocycles. The van der Waals surface area contributed by atoms with Crippen LogP contribution in [0.2, 0.25) is 5.02 Å². The van der Waals surface area contributed by atoms with Gasteiger partial charge in [-0.15, -0.1) is 0 Å². The standard InChI is InChI=1S/C19H23ClN.ClH/c1-5-21(6-2)11-16-17(12-21)19(20)15-10-8-7-9-14(15)18(16)13(3)4;/h7-10H,3,5-6,11-12H2,1-2,4H3;1H/q+1;/p-1. The number of nitrogens with zero attached hydrogens (tertiary/aromatic N) is 1. The van der Waals surface area contributed by atoms with Crippen molar-refractivity contribution in [2.75, 3.05) is 13.1 Å². The predicted octanol–water partition coefficient (Wildman–Crippen LogP) is 2.40. The van der Waals surface area contributed by atoms with Gasteiger partial charge in [0.1, 0.15) is 13.1 Å². The molecule has 0 fully saturated rings. The van der Waals surface area contributed by atoms with Crippen LogP contribution >= 0.6 is 11.6 Å². The maximum Gasteiger partial charge on any atom is 0.107 e. The SMILES string of the molecule is C=C(C)c1c2c(c(Cl)c3ccccc13)C[N+](CC)(CC)C2.[Cl-]. The maximum absolute atomic E-state index is 6.77. The number of benzene rings is 2. The average molecular weight is 336 g/mol. The lowest BCUT2D eigenvalue weighted by molar-refractivity contribution is -0.944. The Labute approximate surface area is 144 Å². The molecule has 0 aliphatic carbocycles. The minimum atomic E-state index is 0. The molecule has 1 aliphatic rings. The van der Waals surface area contributed by atoms with Gasteiger partial charge >= 0.3 is 0 Å². The zero-order valence-electron chi connectivity index (χ0n) is 13.5. The maximum atomic E-state index is 6.77. The van der Waals surface area contributed by atoms with E-state index in [9.17, 15) is 0 Å². The van der Waals surface area contributed by atoms with Gasteiger partial charge < -0.3 is 16.9 Å². The molecule has 0 radical (unpaired) electrons. The number of quaternary nitrogens is 1. The van der Waals surface area contributed by atoms with Gasteiger partial charge in [0.2, 0.25) is 0 Å². The molecule has 0 atom stereocenters. The Morgan fingerprint density at radius 2 is 1.64 bits per heavy atom. The fourth-order valence-electron chi connectivity index (χ4n) is 3.73. The lowest BCUT2D eigenvalue weighted by atomic mass is 9.92. The zero-order valence-corrected chi connectivity index (χ0v) is 15.1. The van der Waals surface area contributed by atoms with E-state index in [2.05, 4.69) is 51.6 Å². The average Bonchev–Trinajstić information content (AvgIpc) is 2.88. The van der Waals surface area contributed by atoms with Gasteiger partial charge in [0.15, 0.2) is 0 Å². The summed E-state index contributed by atoms with van der Waals surface area (Å²) in [6.07, 6.45) is 0. The second-order valence-electron chi connectivity index (χ2n) is 6.26. The molecule has 22 heavy (non-hydrogen) atoms. The molecule has 0 aromatic heterocycles.